The molecule has 0 aromatic heterocycles. The number of hydrogen-bond acceptors (Lipinski definition) is 6. The first-order chi connectivity index (χ1) is 9.05. The summed E-state index contributed by atoms with van der Waals surface area (Å²) in [5, 5.41) is 2.70. The highest BCUT2D eigenvalue weighted by molar-refractivity contribution is 8.93. The van der Waals surface area contributed by atoms with Crippen LogP contribution in [0.15, 0.2) is 12.7 Å². The predicted molar refractivity (Wildman–Crippen MR) is 78.2 cm³/mol. The quantitative estimate of drug-likeness (QED) is 0.255. The molecule has 19 heavy (non-hydrogen) atoms. The summed E-state index contributed by atoms with van der Waals surface area (Å²) in [6.07, 6.45) is 3.15. The molecule has 108 valence electrons. The number of alkyl carbamates (subject to hydrolysis) is 1. The van der Waals surface area contributed by atoms with Crippen LogP contribution >= 0.6 is 21.6 Å². The molecule has 1 rings (SSSR count). The zero-order chi connectivity index (χ0) is 14.3. The van der Waals surface area contributed by atoms with Crippen molar-refractivity contribution in [3.05, 3.63) is 12.7 Å². The van der Waals surface area contributed by atoms with Crippen molar-refractivity contribution < 1.29 is 14.3 Å². The van der Waals surface area contributed by atoms with Gasteiger partial charge in [0.2, 0.25) is 5.91 Å². The topological polar surface area (TPSA) is 107 Å². The zero-order valence-electron chi connectivity index (χ0n) is 10.6. The number of nitrogens with two attached hydrogens (primary N) is 2. The summed E-state index contributed by atoms with van der Waals surface area (Å²) in [5.74, 6) is -0.844. The van der Waals surface area contributed by atoms with Crippen LogP contribution in [0, 0.1) is 5.92 Å². The van der Waals surface area contributed by atoms with Crippen LogP contribution in [0.1, 0.15) is 19.3 Å². The molecule has 6 nitrogen and oxygen atoms in total. The molecule has 1 atom stereocenters. The fourth-order valence-electron chi connectivity index (χ4n) is 1.62. The second-order valence-electron chi connectivity index (χ2n) is 4.09. The van der Waals surface area contributed by atoms with Gasteiger partial charge in [0, 0.05) is 0 Å². The number of primary amides is 1. The molecule has 1 heterocycles. The van der Waals surface area contributed by atoms with Crippen LogP contribution in [-0.4, -0.2) is 29.4 Å². The van der Waals surface area contributed by atoms with Gasteiger partial charge >= 0.3 is 6.09 Å². The SMILES string of the molecule is C=CCOC(=O)NC1([C@@H](CCCCN)C(N)=O)SS1. The second kappa shape index (κ2) is 7.66. The number of ether oxygens (including phenoxy) is 1. The van der Waals surface area contributed by atoms with Crippen LogP contribution in [0.4, 0.5) is 4.79 Å². The molecule has 8 heteroatoms. The van der Waals surface area contributed by atoms with Crippen LogP contribution in [0.2, 0.25) is 0 Å². The van der Waals surface area contributed by atoms with E-state index in [-0.39, 0.29) is 6.61 Å². The van der Waals surface area contributed by atoms with Gasteiger partial charge in [-0.1, -0.05) is 19.1 Å². The Hall–Kier alpha value is -0.860. The normalized spacial score (nSPS) is 17.3. The van der Waals surface area contributed by atoms with Gasteiger partial charge in [-0.25, -0.2) is 4.79 Å². The smallest absolute Gasteiger partial charge is 0.409 e. The Labute approximate surface area is 120 Å². The third kappa shape index (κ3) is 4.96. The summed E-state index contributed by atoms with van der Waals surface area (Å²) in [4.78, 5) is 23.1. The molecule has 0 aliphatic carbocycles. The summed E-state index contributed by atoms with van der Waals surface area (Å²) < 4.78 is 4.17. The molecule has 1 fully saturated rings. The van der Waals surface area contributed by atoms with Gasteiger partial charge < -0.3 is 16.2 Å². The summed E-state index contributed by atoms with van der Waals surface area (Å²) in [7, 11) is 2.84. The number of nitrogens with one attached hydrogen (secondary N) is 1. The van der Waals surface area contributed by atoms with E-state index < -0.39 is 22.1 Å². The number of hydrogen-bond donors (Lipinski definition) is 3. The van der Waals surface area contributed by atoms with Crippen LogP contribution in [0.3, 0.4) is 0 Å². The molecule has 5 N–H and O–H groups in total. The Balaban J connectivity index is 2.54. The van der Waals surface area contributed by atoms with E-state index in [1.807, 2.05) is 0 Å². The van der Waals surface area contributed by atoms with E-state index in [2.05, 4.69) is 11.9 Å². The highest BCUT2D eigenvalue weighted by atomic mass is 33.2. The lowest BCUT2D eigenvalue weighted by Gasteiger charge is -2.21. The molecule has 0 aromatic rings. The van der Waals surface area contributed by atoms with E-state index in [9.17, 15) is 9.59 Å². The van der Waals surface area contributed by atoms with Gasteiger partial charge in [-0.3, -0.25) is 10.1 Å². The second-order valence-corrected chi connectivity index (χ2v) is 6.97. The van der Waals surface area contributed by atoms with E-state index in [4.69, 9.17) is 16.2 Å². The number of amides is 2. The number of carbonyl (C=O) groups is 2. The fraction of sp³-hybridized carbons (Fsp3) is 0.636. The Kier molecular flexibility index (Phi) is 6.53. The first-order valence-electron chi connectivity index (χ1n) is 5.97. The van der Waals surface area contributed by atoms with Gasteiger partial charge in [-0.15, -0.1) is 0 Å². The van der Waals surface area contributed by atoms with E-state index in [0.29, 0.717) is 13.0 Å². The predicted octanol–water partition coefficient (Wildman–Crippen LogP) is 1.18. The lowest BCUT2D eigenvalue weighted by atomic mass is 10.0. The Bertz CT molecular complexity index is 348. The summed E-state index contributed by atoms with van der Waals surface area (Å²) in [5.41, 5.74) is 10.8. The van der Waals surface area contributed by atoms with Gasteiger partial charge in [-0.2, -0.15) is 0 Å². The van der Waals surface area contributed by atoms with E-state index in [0.717, 1.165) is 12.8 Å². The first-order valence-corrected chi connectivity index (χ1v) is 8.12. The minimum Gasteiger partial charge on any atom is -0.445 e. The van der Waals surface area contributed by atoms with Crippen molar-refractivity contribution in [3.63, 3.8) is 0 Å². The lowest BCUT2D eigenvalue weighted by molar-refractivity contribution is -0.122. The van der Waals surface area contributed by atoms with Crippen molar-refractivity contribution >= 4 is 33.6 Å². The van der Waals surface area contributed by atoms with Crippen molar-refractivity contribution in [1.29, 1.82) is 0 Å². The van der Waals surface area contributed by atoms with Crippen molar-refractivity contribution in [2.75, 3.05) is 13.2 Å². The number of unbranched alkanes of at least 4 members (excludes halogenated alkanes) is 1. The average Bonchev–Trinajstić information content (AvgIpc) is 3.12. The first kappa shape index (κ1) is 16.2. The summed E-state index contributed by atoms with van der Waals surface area (Å²) in [6, 6.07) is 0. The van der Waals surface area contributed by atoms with Crippen LogP contribution in [0.5, 0.6) is 0 Å². The monoisotopic (exact) mass is 305 g/mol. The molecule has 0 saturated carbocycles. The van der Waals surface area contributed by atoms with Crippen molar-refractivity contribution in [3.8, 4) is 0 Å². The van der Waals surface area contributed by atoms with Crippen LogP contribution < -0.4 is 16.8 Å². The number of rotatable bonds is 9. The Morgan fingerprint density at radius 3 is 2.58 bits per heavy atom. The van der Waals surface area contributed by atoms with Gasteiger partial charge in [0.25, 0.3) is 0 Å². The largest absolute Gasteiger partial charge is 0.445 e. The highest BCUT2D eigenvalue weighted by Crippen LogP contribution is 2.67. The van der Waals surface area contributed by atoms with Gasteiger partial charge in [0.15, 0.2) is 4.20 Å². The minimum absolute atomic E-state index is 0.131. The molecule has 1 aliphatic heterocycles. The molecule has 1 aliphatic rings. The third-order valence-corrected chi connectivity index (χ3v) is 5.50. The van der Waals surface area contributed by atoms with Crippen LogP contribution in [0.25, 0.3) is 0 Å². The maximum absolute atomic E-state index is 11.5. The lowest BCUT2D eigenvalue weighted by Crippen LogP contribution is -2.46. The van der Waals surface area contributed by atoms with Crippen LogP contribution in [-0.2, 0) is 9.53 Å². The number of carbonyl (C=O) groups excluding carboxylic acids is 2. The van der Waals surface area contributed by atoms with E-state index in [1.54, 1.807) is 0 Å². The van der Waals surface area contributed by atoms with Gasteiger partial charge in [-0.05, 0) is 41.0 Å². The maximum atomic E-state index is 11.5. The summed E-state index contributed by atoms with van der Waals surface area (Å²) >= 11 is 0. The van der Waals surface area contributed by atoms with Gasteiger partial charge in [0.1, 0.15) is 6.61 Å². The van der Waals surface area contributed by atoms with Gasteiger partial charge in [0.05, 0.1) is 5.92 Å². The molecule has 2 amide bonds. The standard InChI is InChI=1S/C11H19N3O3S2/c1-2-7-17-10(16)14-11(18-19-11)8(9(13)15)5-3-4-6-12/h2,8H,1,3-7,12H2,(H2,13,15)(H,14,16)/t8-/m0/s1. The molecule has 0 unspecified atom stereocenters. The van der Waals surface area contributed by atoms with Crippen molar-refractivity contribution in [2.45, 2.75) is 23.5 Å². The molecule has 1 saturated heterocycles. The molecule has 0 radical (unpaired) electrons. The zero-order valence-corrected chi connectivity index (χ0v) is 12.2. The van der Waals surface area contributed by atoms with Crippen molar-refractivity contribution in [2.24, 2.45) is 17.4 Å². The molecule has 0 spiro atoms. The average molecular weight is 305 g/mol. The summed E-state index contributed by atoms with van der Waals surface area (Å²) in [6.45, 7) is 4.16. The van der Waals surface area contributed by atoms with E-state index >= 15 is 0 Å². The third-order valence-electron chi connectivity index (χ3n) is 2.62. The van der Waals surface area contributed by atoms with Crippen molar-refractivity contribution in [1.82, 2.24) is 5.32 Å². The molecular formula is C11H19N3O3S2. The van der Waals surface area contributed by atoms with E-state index in [1.165, 1.54) is 27.7 Å². The fourth-order valence-corrected chi connectivity index (χ4v) is 3.87. The molecule has 0 bridgehead atoms. The maximum Gasteiger partial charge on any atom is 0.409 e. The highest BCUT2D eigenvalue weighted by Gasteiger charge is 2.56. The molecular weight excluding hydrogens is 286 g/mol. The Morgan fingerprint density at radius 2 is 2.11 bits per heavy atom. The minimum atomic E-state index is -0.682. The molecule has 0 aromatic carbocycles. The Morgan fingerprint density at radius 1 is 1.42 bits per heavy atom.